The predicted molar refractivity (Wildman–Crippen MR) is 122 cm³/mol. The number of benzene rings is 2. The van der Waals surface area contributed by atoms with Crippen LogP contribution in [0, 0.1) is 6.92 Å². The average Bonchev–Trinajstić information content (AvgIpc) is 3.40. The summed E-state index contributed by atoms with van der Waals surface area (Å²) in [5.74, 6) is 0.714. The van der Waals surface area contributed by atoms with Gasteiger partial charge in [0, 0.05) is 16.1 Å². The summed E-state index contributed by atoms with van der Waals surface area (Å²) in [4.78, 5) is 13.3. The fourth-order valence-electron chi connectivity index (χ4n) is 2.79. The molecule has 0 bridgehead atoms. The normalized spacial score (nSPS) is 11.1. The maximum Gasteiger partial charge on any atom is 0.250 e. The predicted octanol–water partition coefficient (Wildman–Crippen LogP) is 4.55. The highest BCUT2D eigenvalue weighted by molar-refractivity contribution is 7.99. The summed E-state index contributed by atoms with van der Waals surface area (Å²) in [7, 11) is 0. The van der Waals surface area contributed by atoms with Gasteiger partial charge in [-0.2, -0.15) is 5.10 Å². The number of thioether (sulfide) groups is 1. The van der Waals surface area contributed by atoms with Crippen molar-refractivity contribution < 1.29 is 4.79 Å². The number of thiophene rings is 1. The molecule has 1 N–H and O–H groups in total. The van der Waals surface area contributed by atoms with Crippen molar-refractivity contribution >= 4 is 35.2 Å². The minimum atomic E-state index is -0.200. The first kappa shape index (κ1) is 20.1. The van der Waals surface area contributed by atoms with Gasteiger partial charge in [-0.1, -0.05) is 60.3 Å². The van der Waals surface area contributed by atoms with Crippen LogP contribution in [0.5, 0.6) is 0 Å². The van der Waals surface area contributed by atoms with Gasteiger partial charge in [-0.05, 0) is 36.1 Å². The van der Waals surface area contributed by atoms with Gasteiger partial charge in [0.25, 0.3) is 5.91 Å². The van der Waals surface area contributed by atoms with Crippen LogP contribution in [0.25, 0.3) is 17.1 Å². The van der Waals surface area contributed by atoms with Gasteiger partial charge < -0.3 is 0 Å². The Morgan fingerprint density at radius 2 is 1.83 bits per heavy atom. The van der Waals surface area contributed by atoms with E-state index in [0.717, 1.165) is 27.5 Å². The Bertz CT molecular complexity index is 1150. The van der Waals surface area contributed by atoms with Crippen molar-refractivity contribution in [3.05, 3.63) is 82.6 Å². The van der Waals surface area contributed by atoms with Crippen LogP contribution in [-0.4, -0.2) is 32.6 Å². The van der Waals surface area contributed by atoms with Crippen molar-refractivity contribution in [2.45, 2.75) is 12.1 Å². The van der Waals surface area contributed by atoms with Crippen LogP contribution in [0.2, 0.25) is 0 Å². The second-order valence-electron chi connectivity index (χ2n) is 6.39. The van der Waals surface area contributed by atoms with E-state index in [1.54, 1.807) is 17.6 Å². The van der Waals surface area contributed by atoms with Crippen molar-refractivity contribution in [3.8, 4) is 17.1 Å². The van der Waals surface area contributed by atoms with Crippen molar-refractivity contribution in [3.63, 3.8) is 0 Å². The SMILES string of the molecule is Cc1ccsc1C=NNC(=O)CSc1nnc(-c2ccccc2)n1-c1ccccc1. The first-order valence-corrected chi connectivity index (χ1v) is 11.1. The van der Waals surface area contributed by atoms with Crippen LogP contribution in [0.4, 0.5) is 0 Å². The molecule has 0 saturated carbocycles. The van der Waals surface area contributed by atoms with Gasteiger partial charge in [0.2, 0.25) is 0 Å². The third-order valence-electron chi connectivity index (χ3n) is 4.28. The second kappa shape index (κ2) is 9.51. The molecule has 4 rings (SSSR count). The van der Waals surface area contributed by atoms with E-state index in [1.165, 1.54) is 11.8 Å². The minimum Gasteiger partial charge on any atom is -0.272 e. The summed E-state index contributed by atoms with van der Waals surface area (Å²) < 4.78 is 1.96. The molecule has 0 atom stereocenters. The highest BCUT2D eigenvalue weighted by Gasteiger charge is 2.17. The maximum atomic E-state index is 12.3. The highest BCUT2D eigenvalue weighted by Crippen LogP contribution is 2.27. The molecule has 1 amide bonds. The quantitative estimate of drug-likeness (QED) is 0.264. The molecule has 0 aliphatic heterocycles. The first-order chi connectivity index (χ1) is 14.7. The number of nitrogens with one attached hydrogen (secondary N) is 1. The van der Waals surface area contributed by atoms with Crippen molar-refractivity contribution in [1.29, 1.82) is 0 Å². The van der Waals surface area contributed by atoms with Gasteiger partial charge in [0.15, 0.2) is 11.0 Å². The number of amides is 1. The number of hydrogen-bond donors (Lipinski definition) is 1. The zero-order valence-corrected chi connectivity index (χ0v) is 17.9. The summed E-state index contributed by atoms with van der Waals surface area (Å²) >= 11 is 2.91. The largest absolute Gasteiger partial charge is 0.272 e. The van der Waals surface area contributed by atoms with Gasteiger partial charge in [0.1, 0.15) is 0 Å². The number of para-hydroxylation sites is 1. The number of hydrazone groups is 1. The van der Waals surface area contributed by atoms with Crippen LogP contribution in [0.1, 0.15) is 10.4 Å². The fraction of sp³-hybridized carbons (Fsp3) is 0.0909. The molecular formula is C22H19N5OS2. The van der Waals surface area contributed by atoms with E-state index in [2.05, 4.69) is 20.7 Å². The Morgan fingerprint density at radius 3 is 2.53 bits per heavy atom. The molecule has 0 unspecified atom stereocenters. The van der Waals surface area contributed by atoms with Crippen LogP contribution < -0.4 is 5.43 Å². The molecule has 2 aromatic carbocycles. The molecule has 0 saturated heterocycles. The zero-order valence-electron chi connectivity index (χ0n) is 16.2. The summed E-state index contributed by atoms with van der Waals surface area (Å²) in [6, 6.07) is 21.8. The molecule has 2 heterocycles. The number of nitrogens with zero attached hydrogens (tertiary/aromatic N) is 4. The lowest BCUT2D eigenvalue weighted by molar-refractivity contribution is -0.118. The van der Waals surface area contributed by atoms with Gasteiger partial charge in [-0.3, -0.25) is 9.36 Å². The maximum absolute atomic E-state index is 12.3. The molecule has 0 radical (unpaired) electrons. The Morgan fingerprint density at radius 1 is 1.10 bits per heavy atom. The first-order valence-electron chi connectivity index (χ1n) is 9.27. The molecular weight excluding hydrogens is 414 g/mol. The third kappa shape index (κ3) is 4.67. The lowest BCUT2D eigenvalue weighted by Crippen LogP contribution is -2.20. The molecule has 8 heteroatoms. The van der Waals surface area contributed by atoms with Gasteiger partial charge in [-0.15, -0.1) is 21.5 Å². The average molecular weight is 434 g/mol. The number of carbonyl (C=O) groups excluding carboxylic acids is 1. The van der Waals surface area contributed by atoms with Crippen molar-refractivity contribution in [1.82, 2.24) is 20.2 Å². The van der Waals surface area contributed by atoms with Crippen LogP contribution in [-0.2, 0) is 4.79 Å². The summed E-state index contributed by atoms with van der Waals surface area (Å²) in [5.41, 5.74) is 5.61. The molecule has 0 aliphatic rings. The van der Waals surface area contributed by atoms with E-state index in [-0.39, 0.29) is 11.7 Å². The number of aryl methyl sites for hydroxylation is 1. The van der Waals surface area contributed by atoms with E-state index in [9.17, 15) is 4.79 Å². The summed E-state index contributed by atoms with van der Waals surface area (Å²) in [6.45, 7) is 2.01. The topological polar surface area (TPSA) is 72.2 Å². The molecule has 30 heavy (non-hydrogen) atoms. The van der Waals surface area contributed by atoms with Crippen LogP contribution in [0.15, 0.2) is 82.4 Å². The number of hydrogen-bond acceptors (Lipinski definition) is 6. The third-order valence-corrected chi connectivity index (χ3v) is 6.17. The Labute approximate surface area is 182 Å². The van der Waals surface area contributed by atoms with Crippen molar-refractivity contribution in [2.75, 3.05) is 5.75 Å². The van der Waals surface area contributed by atoms with Gasteiger partial charge in [0.05, 0.1) is 12.0 Å². The summed E-state index contributed by atoms with van der Waals surface area (Å²) in [6.07, 6.45) is 1.67. The molecule has 0 spiro atoms. The lowest BCUT2D eigenvalue weighted by Gasteiger charge is -2.10. The van der Waals surface area contributed by atoms with Crippen LogP contribution in [0.3, 0.4) is 0 Å². The molecule has 0 aliphatic carbocycles. The van der Waals surface area contributed by atoms with Crippen LogP contribution >= 0.6 is 23.1 Å². The highest BCUT2D eigenvalue weighted by atomic mass is 32.2. The number of rotatable bonds is 7. The monoisotopic (exact) mass is 433 g/mol. The van der Waals surface area contributed by atoms with E-state index < -0.39 is 0 Å². The second-order valence-corrected chi connectivity index (χ2v) is 8.28. The Hall–Kier alpha value is -3.23. The molecule has 6 nitrogen and oxygen atoms in total. The van der Waals surface area contributed by atoms with E-state index >= 15 is 0 Å². The smallest absolute Gasteiger partial charge is 0.250 e. The standard InChI is InChI=1S/C22H19N5OS2/c1-16-12-13-29-19(16)14-23-24-20(28)15-30-22-26-25-21(17-8-4-2-5-9-17)27(22)18-10-6-3-7-11-18/h2-14H,15H2,1H3,(H,24,28). The molecule has 2 aromatic heterocycles. The molecule has 150 valence electrons. The molecule has 4 aromatic rings. The molecule has 0 fully saturated rings. The fourth-order valence-corrected chi connectivity index (χ4v) is 4.32. The van der Waals surface area contributed by atoms with Crippen molar-refractivity contribution in [2.24, 2.45) is 5.10 Å². The lowest BCUT2D eigenvalue weighted by atomic mass is 10.2. The van der Waals surface area contributed by atoms with E-state index in [0.29, 0.717) is 5.16 Å². The van der Waals surface area contributed by atoms with E-state index in [1.807, 2.05) is 83.6 Å². The minimum absolute atomic E-state index is 0.181. The zero-order chi connectivity index (χ0) is 20.8. The summed E-state index contributed by atoms with van der Waals surface area (Å²) in [5, 5.41) is 15.4. The van der Waals surface area contributed by atoms with Gasteiger partial charge in [-0.25, -0.2) is 5.43 Å². The Kier molecular flexibility index (Phi) is 6.36. The number of carbonyl (C=O) groups is 1. The van der Waals surface area contributed by atoms with E-state index in [4.69, 9.17) is 0 Å². The number of aromatic nitrogens is 3. The van der Waals surface area contributed by atoms with Gasteiger partial charge >= 0.3 is 0 Å². The Balaban J connectivity index is 1.50.